The quantitative estimate of drug-likeness (QED) is 0.725. The number of nitrogens with one attached hydrogen (secondary N) is 1. The molecule has 2 aromatic carbocycles. The van der Waals surface area contributed by atoms with Crippen molar-refractivity contribution in [3.63, 3.8) is 0 Å². The van der Waals surface area contributed by atoms with Crippen LogP contribution in [0, 0.1) is 0 Å². The molecule has 0 saturated carbocycles. The molecule has 146 valence electrons. The molecule has 0 spiro atoms. The molecule has 2 rings (SSSR count). The average molecular weight is 393 g/mol. The van der Waals surface area contributed by atoms with E-state index in [0.717, 1.165) is 5.56 Å². The number of hydrogen-bond acceptors (Lipinski definition) is 6. The Balaban J connectivity index is 2.47. The van der Waals surface area contributed by atoms with Crippen LogP contribution in [0.15, 0.2) is 41.3 Å². The highest BCUT2D eigenvalue weighted by molar-refractivity contribution is 7.92. The fourth-order valence-corrected chi connectivity index (χ4v) is 3.66. The maximum absolute atomic E-state index is 12.9. The Morgan fingerprint density at radius 1 is 0.963 bits per heavy atom. The Hall–Kier alpha value is -2.74. The van der Waals surface area contributed by atoms with Crippen LogP contribution >= 0.6 is 0 Å². The third-order valence-electron chi connectivity index (χ3n) is 4.00. The van der Waals surface area contributed by atoms with Crippen LogP contribution in [0.4, 0.5) is 5.69 Å². The van der Waals surface area contributed by atoms with Gasteiger partial charge in [0.2, 0.25) is 0 Å². The van der Waals surface area contributed by atoms with Gasteiger partial charge in [-0.05, 0) is 47.9 Å². The molecule has 0 atom stereocenters. The Morgan fingerprint density at radius 2 is 1.59 bits per heavy atom. The maximum atomic E-state index is 12.9. The average Bonchev–Trinajstić information content (AvgIpc) is 2.66. The second kappa shape index (κ2) is 8.30. The van der Waals surface area contributed by atoms with Crippen LogP contribution in [0.5, 0.6) is 11.5 Å². The van der Waals surface area contributed by atoms with E-state index in [9.17, 15) is 13.2 Å². The molecular formula is C19H23NO6S. The molecule has 0 aliphatic rings. The largest absolute Gasteiger partial charge is 0.496 e. The minimum Gasteiger partial charge on any atom is -0.496 e. The highest BCUT2D eigenvalue weighted by Crippen LogP contribution is 2.32. The van der Waals surface area contributed by atoms with E-state index in [1.54, 1.807) is 12.1 Å². The van der Waals surface area contributed by atoms with Gasteiger partial charge in [-0.3, -0.25) is 4.72 Å². The monoisotopic (exact) mass is 393 g/mol. The Morgan fingerprint density at radius 3 is 2.15 bits per heavy atom. The van der Waals surface area contributed by atoms with E-state index in [-0.39, 0.29) is 27.8 Å². The lowest BCUT2D eigenvalue weighted by molar-refractivity contribution is 0.0600. The number of carbonyl (C=O) groups is 1. The summed E-state index contributed by atoms with van der Waals surface area (Å²) in [5.41, 5.74) is 1.12. The summed E-state index contributed by atoms with van der Waals surface area (Å²) >= 11 is 0. The van der Waals surface area contributed by atoms with Crippen molar-refractivity contribution in [1.82, 2.24) is 0 Å². The number of esters is 1. The van der Waals surface area contributed by atoms with Crippen LogP contribution in [-0.2, 0) is 14.8 Å². The van der Waals surface area contributed by atoms with Crippen LogP contribution in [0.3, 0.4) is 0 Å². The molecule has 0 radical (unpaired) electrons. The predicted octanol–water partition coefficient (Wildman–Crippen LogP) is 3.41. The molecule has 27 heavy (non-hydrogen) atoms. The minimum atomic E-state index is -3.91. The lowest BCUT2D eigenvalue weighted by Gasteiger charge is -2.16. The second-order valence-electron chi connectivity index (χ2n) is 6.07. The van der Waals surface area contributed by atoms with Gasteiger partial charge in [0.1, 0.15) is 11.5 Å². The molecule has 7 nitrogen and oxygen atoms in total. The van der Waals surface area contributed by atoms with Gasteiger partial charge in [-0.1, -0.05) is 13.8 Å². The molecule has 0 saturated heterocycles. The first-order valence-corrected chi connectivity index (χ1v) is 9.69. The third-order valence-corrected chi connectivity index (χ3v) is 5.36. The molecule has 1 N–H and O–H groups in total. The molecule has 0 unspecified atom stereocenters. The predicted molar refractivity (Wildman–Crippen MR) is 102 cm³/mol. The molecule has 0 aliphatic heterocycles. The second-order valence-corrected chi connectivity index (χ2v) is 7.75. The number of ether oxygens (including phenoxy) is 3. The number of sulfonamides is 1. The van der Waals surface area contributed by atoms with Gasteiger partial charge in [-0.25, -0.2) is 13.2 Å². The SMILES string of the molecule is COC(=O)c1ccc(OC)c(NS(=O)(=O)c2ccc(OC)c(C(C)C)c2)c1. The van der Waals surface area contributed by atoms with Crippen molar-refractivity contribution in [1.29, 1.82) is 0 Å². The van der Waals surface area contributed by atoms with Gasteiger partial charge in [0.05, 0.1) is 37.5 Å². The summed E-state index contributed by atoms with van der Waals surface area (Å²) in [5.74, 6) is 0.398. The number of rotatable bonds is 7. The van der Waals surface area contributed by atoms with Gasteiger partial charge in [0.25, 0.3) is 10.0 Å². The lowest BCUT2D eigenvalue weighted by atomic mass is 10.0. The molecule has 0 fully saturated rings. The van der Waals surface area contributed by atoms with Crippen LogP contribution in [-0.4, -0.2) is 35.7 Å². The zero-order valence-electron chi connectivity index (χ0n) is 15.9. The van der Waals surface area contributed by atoms with Crippen molar-refractivity contribution in [2.24, 2.45) is 0 Å². The van der Waals surface area contributed by atoms with Crippen LogP contribution in [0.1, 0.15) is 35.7 Å². The number of anilines is 1. The van der Waals surface area contributed by atoms with Gasteiger partial charge in [0.15, 0.2) is 0 Å². The van der Waals surface area contributed by atoms with E-state index in [1.807, 2.05) is 13.8 Å². The fourth-order valence-electron chi connectivity index (χ4n) is 2.57. The van der Waals surface area contributed by atoms with Gasteiger partial charge < -0.3 is 14.2 Å². The first-order chi connectivity index (χ1) is 12.7. The van der Waals surface area contributed by atoms with Crippen molar-refractivity contribution in [2.75, 3.05) is 26.1 Å². The third kappa shape index (κ3) is 4.51. The Bertz CT molecular complexity index is 937. The minimum absolute atomic E-state index is 0.0762. The molecule has 2 aromatic rings. The van der Waals surface area contributed by atoms with E-state index in [0.29, 0.717) is 5.75 Å². The van der Waals surface area contributed by atoms with E-state index in [4.69, 9.17) is 9.47 Å². The standard InChI is InChI=1S/C19H23NO6S/c1-12(2)15-11-14(7-9-17(15)24-3)27(22,23)20-16-10-13(19(21)26-5)6-8-18(16)25-4/h6-12,20H,1-5H3. The van der Waals surface area contributed by atoms with Crippen LogP contribution < -0.4 is 14.2 Å². The normalized spacial score (nSPS) is 11.2. The number of carbonyl (C=O) groups excluding carboxylic acids is 1. The van der Waals surface area contributed by atoms with Crippen molar-refractivity contribution in [3.05, 3.63) is 47.5 Å². The first kappa shape index (κ1) is 20.6. The van der Waals surface area contributed by atoms with Crippen molar-refractivity contribution in [2.45, 2.75) is 24.7 Å². The van der Waals surface area contributed by atoms with Gasteiger partial charge in [-0.15, -0.1) is 0 Å². The molecule has 8 heteroatoms. The Kier molecular flexibility index (Phi) is 6.32. The van der Waals surface area contributed by atoms with E-state index < -0.39 is 16.0 Å². The topological polar surface area (TPSA) is 90.9 Å². The van der Waals surface area contributed by atoms with E-state index in [2.05, 4.69) is 9.46 Å². The molecule has 0 aliphatic carbocycles. The summed E-state index contributed by atoms with van der Waals surface area (Å²) in [6.45, 7) is 3.90. The fraction of sp³-hybridized carbons (Fsp3) is 0.316. The van der Waals surface area contributed by atoms with Crippen LogP contribution in [0.2, 0.25) is 0 Å². The summed E-state index contributed by atoms with van der Waals surface area (Å²) in [4.78, 5) is 11.8. The van der Waals surface area contributed by atoms with E-state index in [1.165, 1.54) is 45.6 Å². The zero-order chi connectivity index (χ0) is 20.2. The summed E-state index contributed by atoms with van der Waals surface area (Å²) in [5, 5.41) is 0. The summed E-state index contributed by atoms with van der Waals surface area (Å²) in [7, 11) is 0.288. The highest BCUT2D eigenvalue weighted by Gasteiger charge is 2.20. The van der Waals surface area contributed by atoms with Crippen LogP contribution in [0.25, 0.3) is 0 Å². The van der Waals surface area contributed by atoms with Gasteiger partial charge >= 0.3 is 5.97 Å². The molecule has 0 amide bonds. The highest BCUT2D eigenvalue weighted by atomic mass is 32.2. The summed E-state index contributed by atoms with van der Waals surface area (Å²) in [6, 6.07) is 9.01. The maximum Gasteiger partial charge on any atom is 0.337 e. The lowest BCUT2D eigenvalue weighted by Crippen LogP contribution is -2.15. The number of benzene rings is 2. The van der Waals surface area contributed by atoms with Gasteiger partial charge in [0, 0.05) is 0 Å². The number of hydrogen-bond donors (Lipinski definition) is 1. The van der Waals surface area contributed by atoms with Gasteiger partial charge in [-0.2, -0.15) is 0 Å². The van der Waals surface area contributed by atoms with Crippen molar-refractivity contribution in [3.8, 4) is 11.5 Å². The van der Waals surface area contributed by atoms with E-state index >= 15 is 0 Å². The Labute approximate surface area is 159 Å². The molecule has 0 bridgehead atoms. The summed E-state index contributed by atoms with van der Waals surface area (Å²) < 4.78 is 43.4. The smallest absolute Gasteiger partial charge is 0.337 e. The number of methoxy groups -OCH3 is 3. The zero-order valence-corrected chi connectivity index (χ0v) is 16.7. The first-order valence-electron chi connectivity index (χ1n) is 8.20. The van der Waals surface area contributed by atoms with Crippen molar-refractivity contribution < 1.29 is 27.4 Å². The van der Waals surface area contributed by atoms with Crippen molar-refractivity contribution >= 4 is 21.7 Å². The molecule has 0 heterocycles. The summed E-state index contributed by atoms with van der Waals surface area (Å²) in [6.07, 6.45) is 0. The molecule has 0 aromatic heterocycles. The molecular weight excluding hydrogens is 370 g/mol.